The van der Waals surface area contributed by atoms with E-state index in [1.54, 1.807) is 0 Å². The number of nitrogens with one attached hydrogen (secondary N) is 2. The van der Waals surface area contributed by atoms with Crippen LogP contribution >= 0.6 is 0 Å². The van der Waals surface area contributed by atoms with Gasteiger partial charge in [-0.15, -0.1) is 0 Å². The second kappa shape index (κ2) is 6.13. The van der Waals surface area contributed by atoms with Gasteiger partial charge in [0.25, 0.3) is 0 Å². The minimum absolute atomic E-state index is 0.0771. The van der Waals surface area contributed by atoms with E-state index in [-0.39, 0.29) is 24.2 Å². The Morgan fingerprint density at radius 2 is 1.91 bits per heavy atom. The molecule has 0 aromatic heterocycles. The third-order valence-corrected chi connectivity index (χ3v) is 4.58. The Morgan fingerprint density at radius 1 is 1.27 bits per heavy atom. The lowest BCUT2D eigenvalue weighted by atomic mass is 9.72. The van der Waals surface area contributed by atoms with Crippen molar-refractivity contribution in [3.63, 3.8) is 0 Å². The highest BCUT2D eigenvalue weighted by Crippen LogP contribution is 2.42. The summed E-state index contributed by atoms with van der Waals surface area (Å²) in [7, 11) is 0. The van der Waals surface area contributed by atoms with E-state index in [1.165, 1.54) is 11.1 Å². The molecule has 3 atom stereocenters. The molecule has 4 nitrogen and oxygen atoms in total. The molecule has 2 aliphatic heterocycles. The van der Waals surface area contributed by atoms with Crippen LogP contribution in [0.25, 0.3) is 6.08 Å². The first kappa shape index (κ1) is 15.1. The maximum Gasteiger partial charge on any atom is 0.318 e. The van der Waals surface area contributed by atoms with E-state index in [0.717, 1.165) is 13.1 Å². The summed E-state index contributed by atoms with van der Waals surface area (Å²) in [6, 6.07) is 9.54. The molecule has 2 N–H and O–H groups in total. The summed E-state index contributed by atoms with van der Waals surface area (Å²) in [6.45, 7) is 7.79. The molecule has 118 valence electrons. The summed E-state index contributed by atoms with van der Waals surface area (Å²) in [6.07, 6.45) is 4.16. The van der Waals surface area contributed by atoms with E-state index in [0.29, 0.717) is 5.92 Å². The minimum Gasteiger partial charge on any atom is -0.336 e. The fourth-order valence-corrected chi connectivity index (χ4v) is 3.67. The number of urea groups is 1. The second-order valence-electron chi connectivity index (χ2n) is 6.50. The number of amides is 2. The van der Waals surface area contributed by atoms with Crippen LogP contribution < -0.4 is 10.6 Å². The normalized spacial score (nSPS) is 27.1. The van der Waals surface area contributed by atoms with Crippen LogP contribution in [0.2, 0.25) is 0 Å². The summed E-state index contributed by atoms with van der Waals surface area (Å²) in [5.74, 6) is 0.457. The lowest BCUT2D eigenvalue weighted by Crippen LogP contribution is -2.75. The van der Waals surface area contributed by atoms with Crippen molar-refractivity contribution in [2.24, 2.45) is 0 Å². The van der Waals surface area contributed by atoms with Gasteiger partial charge in [-0.3, -0.25) is 0 Å². The maximum atomic E-state index is 12.3. The molecule has 1 aromatic rings. The monoisotopic (exact) mass is 299 g/mol. The van der Waals surface area contributed by atoms with Gasteiger partial charge in [0.05, 0.1) is 12.1 Å². The molecule has 3 rings (SSSR count). The number of benzene rings is 1. The molecular weight excluding hydrogens is 274 g/mol. The van der Waals surface area contributed by atoms with Gasteiger partial charge in [-0.05, 0) is 31.9 Å². The zero-order valence-corrected chi connectivity index (χ0v) is 13.5. The van der Waals surface area contributed by atoms with Gasteiger partial charge in [-0.2, -0.15) is 0 Å². The van der Waals surface area contributed by atoms with Gasteiger partial charge in [0.2, 0.25) is 0 Å². The molecule has 1 unspecified atom stereocenters. The van der Waals surface area contributed by atoms with Gasteiger partial charge in [0, 0.05) is 25.0 Å². The Bertz CT molecular complexity index is 552. The number of carbonyl (C=O) groups excluding carboxylic acids is 1. The van der Waals surface area contributed by atoms with Crippen LogP contribution in [0.3, 0.4) is 0 Å². The molecule has 0 radical (unpaired) electrons. The molecule has 2 fully saturated rings. The number of fused-ring (bicyclic) bond motifs is 2. The van der Waals surface area contributed by atoms with Crippen LogP contribution in [0.5, 0.6) is 0 Å². The number of hydrogen-bond acceptors (Lipinski definition) is 2. The van der Waals surface area contributed by atoms with Gasteiger partial charge in [0.15, 0.2) is 0 Å². The highest BCUT2D eigenvalue weighted by atomic mass is 16.2. The largest absolute Gasteiger partial charge is 0.336 e. The van der Waals surface area contributed by atoms with Crippen LogP contribution in [-0.2, 0) is 0 Å². The molecule has 0 spiro atoms. The van der Waals surface area contributed by atoms with E-state index < -0.39 is 0 Å². The van der Waals surface area contributed by atoms with Gasteiger partial charge >= 0.3 is 6.03 Å². The second-order valence-corrected chi connectivity index (χ2v) is 6.50. The van der Waals surface area contributed by atoms with Crippen LogP contribution in [0.4, 0.5) is 4.79 Å². The fraction of sp³-hybridized carbons (Fsp3) is 0.500. The highest BCUT2D eigenvalue weighted by Gasteiger charge is 2.53. The summed E-state index contributed by atoms with van der Waals surface area (Å²) >= 11 is 0. The molecule has 2 bridgehead atoms. The average Bonchev–Trinajstić information content (AvgIpc) is 2.49. The van der Waals surface area contributed by atoms with Gasteiger partial charge in [-0.25, -0.2) is 4.79 Å². The van der Waals surface area contributed by atoms with E-state index in [4.69, 9.17) is 0 Å². The number of piperidine rings is 1. The first-order valence-corrected chi connectivity index (χ1v) is 8.14. The van der Waals surface area contributed by atoms with Crippen molar-refractivity contribution >= 4 is 12.1 Å². The zero-order valence-electron chi connectivity index (χ0n) is 13.5. The van der Waals surface area contributed by atoms with E-state index in [1.807, 2.05) is 25.7 Å². The molecule has 4 heteroatoms. The Morgan fingerprint density at radius 3 is 2.45 bits per heavy atom. The molecule has 2 saturated heterocycles. The molecule has 2 heterocycles. The smallest absolute Gasteiger partial charge is 0.318 e. The molecule has 0 aliphatic carbocycles. The van der Waals surface area contributed by atoms with E-state index in [9.17, 15) is 4.79 Å². The quantitative estimate of drug-likeness (QED) is 0.901. The standard InChI is InChI=1S/C18H25N3O/c1-4-5-13-6-8-14(9-7-13)17-15-10-19-11-16(17)21(15)18(22)20-12(2)3/h4-9,12,15-17,19H,10-11H2,1-3H3,(H,20,22)/b5-4+/t15-,16+,17?. The number of hydrogen-bond donors (Lipinski definition) is 2. The first-order valence-electron chi connectivity index (χ1n) is 8.14. The van der Waals surface area contributed by atoms with Crippen molar-refractivity contribution < 1.29 is 4.79 Å². The van der Waals surface area contributed by atoms with Crippen molar-refractivity contribution in [1.29, 1.82) is 0 Å². The summed E-state index contributed by atoms with van der Waals surface area (Å²) in [5.41, 5.74) is 2.57. The van der Waals surface area contributed by atoms with Gasteiger partial charge < -0.3 is 15.5 Å². The van der Waals surface area contributed by atoms with Crippen molar-refractivity contribution in [2.45, 2.75) is 44.8 Å². The molecule has 2 amide bonds. The van der Waals surface area contributed by atoms with Crippen molar-refractivity contribution in [1.82, 2.24) is 15.5 Å². The molecule has 0 saturated carbocycles. The van der Waals surface area contributed by atoms with Crippen molar-refractivity contribution in [3.05, 3.63) is 41.5 Å². The van der Waals surface area contributed by atoms with E-state index in [2.05, 4.69) is 47.1 Å². The maximum absolute atomic E-state index is 12.3. The number of rotatable bonds is 3. The average molecular weight is 299 g/mol. The van der Waals surface area contributed by atoms with Crippen LogP contribution in [0.15, 0.2) is 30.3 Å². The Balaban J connectivity index is 1.75. The van der Waals surface area contributed by atoms with Crippen molar-refractivity contribution in [2.75, 3.05) is 13.1 Å². The number of allylic oxidation sites excluding steroid dienone is 1. The Hall–Kier alpha value is -1.81. The van der Waals surface area contributed by atoms with Crippen LogP contribution in [0.1, 0.15) is 37.8 Å². The topological polar surface area (TPSA) is 44.4 Å². The number of carbonyl (C=O) groups is 1. The predicted octanol–water partition coefficient (Wildman–Crippen LogP) is 2.58. The zero-order chi connectivity index (χ0) is 15.7. The highest BCUT2D eigenvalue weighted by molar-refractivity contribution is 5.77. The van der Waals surface area contributed by atoms with E-state index >= 15 is 0 Å². The predicted molar refractivity (Wildman–Crippen MR) is 89.8 cm³/mol. The Kier molecular flexibility index (Phi) is 4.21. The first-order chi connectivity index (χ1) is 10.6. The third kappa shape index (κ3) is 2.63. The molecule has 22 heavy (non-hydrogen) atoms. The van der Waals surface area contributed by atoms with Gasteiger partial charge in [0.1, 0.15) is 0 Å². The lowest BCUT2D eigenvalue weighted by Gasteiger charge is -2.59. The summed E-state index contributed by atoms with van der Waals surface area (Å²) < 4.78 is 0. The van der Waals surface area contributed by atoms with Gasteiger partial charge in [-0.1, -0.05) is 36.4 Å². The SMILES string of the molecule is C/C=C/c1ccc(C2[C@H]3CNC[C@@H]2N3C(=O)NC(C)C)cc1. The fourth-order valence-electron chi connectivity index (χ4n) is 3.67. The van der Waals surface area contributed by atoms with Crippen molar-refractivity contribution in [3.8, 4) is 0 Å². The lowest BCUT2D eigenvalue weighted by molar-refractivity contribution is -0.00414. The number of likely N-dealkylation sites (tertiary alicyclic amines) is 1. The molecular formula is C18H25N3O. The van der Waals surface area contributed by atoms with Crippen LogP contribution in [0, 0.1) is 0 Å². The van der Waals surface area contributed by atoms with Crippen LogP contribution in [-0.4, -0.2) is 42.1 Å². The third-order valence-electron chi connectivity index (χ3n) is 4.58. The number of nitrogens with zero attached hydrogens (tertiary/aromatic N) is 1. The minimum atomic E-state index is 0.0771. The summed E-state index contributed by atoms with van der Waals surface area (Å²) in [5, 5.41) is 6.44. The Labute approximate surface area is 132 Å². The molecule has 2 aliphatic rings. The molecule has 1 aromatic carbocycles. The number of piperazine rings is 1. The summed E-state index contributed by atoms with van der Waals surface area (Å²) in [4.78, 5) is 14.4.